The number of fused-ring (bicyclic) bond motifs is 1. The van der Waals surface area contributed by atoms with E-state index in [-0.39, 0.29) is 17.7 Å². The molecule has 0 amide bonds. The van der Waals surface area contributed by atoms with E-state index in [1.54, 1.807) is 6.92 Å². The standard InChI is InChI=1S/C19H21NO3/c1-2-23-19(22)17-16(13-9-5-3-6-10-13)14-11-7-4-8-12-15(14)20-18(17)21/h3,5-6,9-10H,2,4,7-8,11-12H2,1H3,(H,20,21). The quantitative estimate of drug-likeness (QED) is 0.697. The fourth-order valence-corrected chi connectivity index (χ4v) is 3.28. The molecule has 0 saturated carbocycles. The summed E-state index contributed by atoms with van der Waals surface area (Å²) in [5.74, 6) is -0.542. The summed E-state index contributed by atoms with van der Waals surface area (Å²) >= 11 is 0. The van der Waals surface area contributed by atoms with Gasteiger partial charge in [-0.3, -0.25) is 4.79 Å². The molecule has 0 fully saturated rings. The largest absolute Gasteiger partial charge is 0.462 e. The van der Waals surface area contributed by atoms with E-state index in [2.05, 4.69) is 4.98 Å². The molecule has 4 nitrogen and oxygen atoms in total. The minimum atomic E-state index is -0.542. The Balaban J connectivity index is 2.29. The highest BCUT2D eigenvalue weighted by Crippen LogP contribution is 2.31. The lowest BCUT2D eigenvalue weighted by Gasteiger charge is -2.16. The third-order valence-electron chi connectivity index (χ3n) is 4.30. The molecule has 1 N–H and O–H groups in total. The number of aromatic amines is 1. The van der Waals surface area contributed by atoms with Crippen molar-refractivity contribution in [1.29, 1.82) is 0 Å². The van der Waals surface area contributed by atoms with Gasteiger partial charge < -0.3 is 9.72 Å². The van der Waals surface area contributed by atoms with Gasteiger partial charge in [-0.1, -0.05) is 36.8 Å². The summed E-state index contributed by atoms with van der Waals surface area (Å²) < 4.78 is 5.13. The number of benzene rings is 1. The number of aryl methyl sites for hydroxylation is 1. The van der Waals surface area contributed by atoms with Gasteiger partial charge in [0.25, 0.3) is 5.56 Å². The van der Waals surface area contributed by atoms with Crippen molar-refractivity contribution in [2.45, 2.75) is 39.0 Å². The Hall–Kier alpha value is -2.36. The normalized spacial score (nSPS) is 14.0. The summed E-state index contributed by atoms with van der Waals surface area (Å²) in [5.41, 5.74) is 3.52. The van der Waals surface area contributed by atoms with Gasteiger partial charge in [0.15, 0.2) is 0 Å². The summed E-state index contributed by atoms with van der Waals surface area (Å²) in [6, 6.07) is 9.67. The van der Waals surface area contributed by atoms with Crippen LogP contribution in [0.15, 0.2) is 35.1 Å². The van der Waals surface area contributed by atoms with Crippen LogP contribution < -0.4 is 5.56 Å². The number of H-pyrrole nitrogens is 1. The van der Waals surface area contributed by atoms with Crippen LogP contribution in [0.2, 0.25) is 0 Å². The summed E-state index contributed by atoms with van der Waals surface area (Å²) in [7, 11) is 0. The fourth-order valence-electron chi connectivity index (χ4n) is 3.28. The molecule has 0 saturated heterocycles. The lowest BCUT2D eigenvalue weighted by atomic mass is 9.92. The maximum atomic E-state index is 12.6. The average Bonchev–Trinajstić information content (AvgIpc) is 2.79. The van der Waals surface area contributed by atoms with E-state index in [1.807, 2.05) is 30.3 Å². The topological polar surface area (TPSA) is 59.2 Å². The number of pyridine rings is 1. The molecule has 23 heavy (non-hydrogen) atoms. The third kappa shape index (κ3) is 3.07. The van der Waals surface area contributed by atoms with E-state index in [0.717, 1.165) is 54.5 Å². The van der Waals surface area contributed by atoms with Crippen molar-refractivity contribution in [2.24, 2.45) is 0 Å². The molecule has 0 aliphatic heterocycles. The Kier molecular flexibility index (Phi) is 4.60. The van der Waals surface area contributed by atoms with E-state index < -0.39 is 5.97 Å². The van der Waals surface area contributed by atoms with Gasteiger partial charge >= 0.3 is 5.97 Å². The van der Waals surface area contributed by atoms with Gasteiger partial charge in [0.05, 0.1) is 6.61 Å². The molecule has 1 heterocycles. The molecule has 2 aromatic rings. The Labute approximate surface area is 135 Å². The Morgan fingerprint density at radius 2 is 1.87 bits per heavy atom. The van der Waals surface area contributed by atoms with Gasteiger partial charge in [-0.15, -0.1) is 0 Å². The molecule has 4 heteroatoms. The molecule has 0 bridgehead atoms. The molecule has 0 radical (unpaired) electrons. The number of aromatic nitrogens is 1. The molecular weight excluding hydrogens is 290 g/mol. The van der Waals surface area contributed by atoms with Crippen LogP contribution >= 0.6 is 0 Å². The maximum absolute atomic E-state index is 12.6. The van der Waals surface area contributed by atoms with Crippen molar-refractivity contribution in [2.75, 3.05) is 6.61 Å². The van der Waals surface area contributed by atoms with Crippen molar-refractivity contribution in [3.63, 3.8) is 0 Å². The fraction of sp³-hybridized carbons (Fsp3) is 0.368. The summed E-state index contributed by atoms with van der Waals surface area (Å²) in [6.45, 7) is 2.00. The smallest absolute Gasteiger partial charge is 0.344 e. The zero-order valence-electron chi connectivity index (χ0n) is 13.4. The van der Waals surface area contributed by atoms with Gasteiger partial charge in [0, 0.05) is 11.3 Å². The average molecular weight is 311 g/mol. The predicted octanol–water partition coefficient (Wildman–Crippen LogP) is 3.49. The van der Waals surface area contributed by atoms with E-state index in [4.69, 9.17) is 4.74 Å². The predicted molar refractivity (Wildman–Crippen MR) is 89.7 cm³/mol. The van der Waals surface area contributed by atoms with E-state index >= 15 is 0 Å². The first-order valence-electron chi connectivity index (χ1n) is 8.23. The minimum absolute atomic E-state index is 0.138. The molecule has 0 spiro atoms. The van der Waals surface area contributed by atoms with Crippen molar-refractivity contribution < 1.29 is 9.53 Å². The van der Waals surface area contributed by atoms with Gasteiger partial charge in [-0.2, -0.15) is 0 Å². The first kappa shape index (κ1) is 15.5. The van der Waals surface area contributed by atoms with Crippen LogP contribution in [0.3, 0.4) is 0 Å². The van der Waals surface area contributed by atoms with Gasteiger partial charge in [-0.25, -0.2) is 4.79 Å². The summed E-state index contributed by atoms with van der Waals surface area (Å²) in [4.78, 5) is 27.9. The highest BCUT2D eigenvalue weighted by molar-refractivity contribution is 5.98. The third-order valence-corrected chi connectivity index (χ3v) is 4.30. The van der Waals surface area contributed by atoms with Crippen molar-refractivity contribution >= 4 is 5.97 Å². The van der Waals surface area contributed by atoms with Crippen LogP contribution in [0, 0.1) is 0 Å². The van der Waals surface area contributed by atoms with Crippen molar-refractivity contribution in [3.8, 4) is 11.1 Å². The number of carbonyl (C=O) groups excluding carboxylic acids is 1. The molecular formula is C19H21NO3. The van der Waals surface area contributed by atoms with Crippen LogP contribution in [0.5, 0.6) is 0 Å². The van der Waals surface area contributed by atoms with Crippen LogP contribution in [-0.2, 0) is 17.6 Å². The van der Waals surface area contributed by atoms with Crippen LogP contribution in [0.25, 0.3) is 11.1 Å². The zero-order chi connectivity index (χ0) is 16.2. The monoisotopic (exact) mass is 311 g/mol. The molecule has 1 aliphatic carbocycles. The lowest BCUT2D eigenvalue weighted by Crippen LogP contribution is -2.24. The molecule has 0 atom stereocenters. The van der Waals surface area contributed by atoms with E-state index in [9.17, 15) is 9.59 Å². The maximum Gasteiger partial charge on any atom is 0.344 e. The Morgan fingerprint density at radius 3 is 2.61 bits per heavy atom. The molecule has 120 valence electrons. The van der Waals surface area contributed by atoms with Gasteiger partial charge in [0.1, 0.15) is 5.56 Å². The zero-order valence-corrected chi connectivity index (χ0v) is 13.4. The number of hydrogen-bond acceptors (Lipinski definition) is 3. The Morgan fingerprint density at radius 1 is 1.13 bits per heavy atom. The summed E-state index contributed by atoms with van der Waals surface area (Å²) in [6.07, 6.45) is 5.01. The number of esters is 1. The molecule has 3 rings (SSSR count). The minimum Gasteiger partial charge on any atom is -0.462 e. The van der Waals surface area contributed by atoms with Crippen LogP contribution in [0.1, 0.15) is 47.8 Å². The number of carbonyl (C=O) groups is 1. The lowest BCUT2D eigenvalue weighted by molar-refractivity contribution is 0.0525. The highest BCUT2D eigenvalue weighted by atomic mass is 16.5. The molecule has 1 aromatic heterocycles. The molecule has 0 unspecified atom stereocenters. The van der Waals surface area contributed by atoms with Crippen molar-refractivity contribution in [3.05, 3.63) is 57.5 Å². The first-order valence-corrected chi connectivity index (χ1v) is 8.23. The number of hydrogen-bond donors (Lipinski definition) is 1. The van der Waals surface area contributed by atoms with Crippen LogP contribution in [0.4, 0.5) is 0 Å². The number of ether oxygens (including phenoxy) is 1. The number of rotatable bonds is 3. The SMILES string of the molecule is CCOC(=O)c1c(-c2ccccc2)c2c([nH]c1=O)CCCCC2. The number of nitrogens with one attached hydrogen (secondary N) is 1. The molecule has 1 aromatic carbocycles. The summed E-state index contributed by atoms with van der Waals surface area (Å²) in [5, 5.41) is 0. The first-order chi connectivity index (χ1) is 11.2. The second kappa shape index (κ2) is 6.82. The van der Waals surface area contributed by atoms with E-state index in [1.165, 1.54) is 0 Å². The second-order valence-corrected chi connectivity index (χ2v) is 5.81. The van der Waals surface area contributed by atoms with E-state index in [0.29, 0.717) is 0 Å². The Bertz CT molecular complexity index is 762. The van der Waals surface area contributed by atoms with Crippen molar-refractivity contribution in [1.82, 2.24) is 4.98 Å². The van der Waals surface area contributed by atoms with Gasteiger partial charge in [-0.05, 0) is 43.7 Å². The second-order valence-electron chi connectivity index (χ2n) is 5.81. The van der Waals surface area contributed by atoms with Gasteiger partial charge in [0.2, 0.25) is 0 Å². The highest BCUT2D eigenvalue weighted by Gasteiger charge is 2.25. The molecule has 1 aliphatic rings. The van der Waals surface area contributed by atoms with Crippen LogP contribution in [-0.4, -0.2) is 17.6 Å².